The van der Waals surface area contributed by atoms with E-state index in [1.165, 1.54) is 0 Å². The Balaban J connectivity index is 2.16. The monoisotopic (exact) mass is 188 g/mol. The maximum absolute atomic E-state index is 11.1. The fourth-order valence-corrected chi connectivity index (χ4v) is 1.83. The Bertz CT molecular complexity index is 434. The van der Waals surface area contributed by atoms with Gasteiger partial charge in [0.1, 0.15) is 12.4 Å². The molecule has 1 unspecified atom stereocenters. The number of carbonyl (C=O) groups is 1. The number of para-hydroxylation sites is 1. The molecule has 0 spiro atoms. The van der Waals surface area contributed by atoms with Crippen LogP contribution in [0.1, 0.15) is 5.56 Å². The molecule has 0 radical (unpaired) electrons. The molecular weight excluding hydrogens is 180 g/mol. The molecule has 0 aromatic heterocycles. The van der Waals surface area contributed by atoms with Crippen LogP contribution in [0.2, 0.25) is 0 Å². The molecule has 14 heavy (non-hydrogen) atoms. The van der Waals surface area contributed by atoms with Crippen LogP contribution in [0.5, 0.6) is 5.75 Å². The molecule has 1 aromatic carbocycles. The molecule has 2 aliphatic heterocycles. The van der Waals surface area contributed by atoms with Gasteiger partial charge in [0.25, 0.3) is 0 Å². The van der Waals surface area contributed by atoms with Crippen LogP contribution in [0.25, 0.3) is 5.57 Å². The fraction of sp³-hybridized carbons (Fsp3) is 0.182. The largest absolute Gasteiger partial charge is 0.489 e. The molecule has 0 amide bonds. The van der Waals surface area contributed by atoms with Gasteiger partial charge in [0, 0.05) is 17.2 Å². The topological polar surface area (TPSA) is 35.5 Å². The van der Waals surface area contributed by atoms with E-state index in [9.17, 15) is 4.79 Å². The Morgan fingerprint density at radius 2 is 2.14 bits per heavy atom. The van der Waals surface area contributed by atoms with E-state index in [1.54, 1.807) is 6.08 Å². The van der Waals surface area contributed by atoms with E-state index < -0.39 is 0 Å². The lowest BCUT2D eigenvalue weighted by Gasteiger charge is -2.23. The van der Waals surface area contributed by atoms with Crippen molar-refractivity contribution in [2.24, 2.45) is 0 Å². The summed E-state index contributed by atoms with van der Waals surface area (Å²) < 4.78 is 10.5. The van der Waals surface area contributed by atoms with Crippen LogP contribution in [0.4, 0.5) is 0 Å². The molecule has 0 saturated carbocycles. The van der Waals surface area contributed by atoms with Gasteiger partial charge in [-0.15, -0.1) is 0 Å². The highest BCUT2D eigenvalue weighted by Gasteiger charge is 2.32. The number of hydrogen-bond acceptors (Lipinski definition) is 3. The molecule has 0 fully saturated rings. The predicted octanol–water partition coefficient (Wildman–Crippen LogP) is 1.39. The molecule has 3 nitrogen and oxygen atoms in total. The van der Waals surface area contributed by atoms with Crippen LogP contribution >= 0.6 is 0 Å². The summed E-state index contributed by atoms with van der Waals surface area (Å²) in [4.78, 5) is 11.1. The zero-order chi connectivity index (χ0) is 9.54. The second-order valence-electron chi connectivity index (χ2n) is 3.33. The number of esters is 1. The smallest absolute Gasteiger partial charge is 0.331 e. The van der Waals surface area contributed by atoms with Crippen molar-refractivity contribution in [1.82, 2.24) is 0 Å². The normalized spacial score (nSPS) is 23.0. The predicted molar refractivity (Wildman–Crippen MR) is 49.8 cm³/mol. The van der Waals surface area contributed by atoms with Crippen LogP contribution in [-0.2, 0) is 9.53 Å². The molecular formula is C11H8O3. The van der Waals surface area contributed by atoms with Crippen molar-refractivity contribution >= 4 is 11.5 Å². The van der Waals surface area contributed by atoms with Gasteiger partial charge in [-0.2, -0.15) is 0 Å². The van der Waals surface area contributed by atoms with Crippen molar-refractivity contribution in [1.29, 1.82) is 0 Å². The maximum atomic E-state index is 11.1. The molecule has 0 bridgehead atoms. The number of ether oxygens (including phenoxy) is 2. The van der Waals surface area contributed by atoms with Gasteiger partial charge in [0.2, 0.25) is 0 Å². The highest BCUT2D eigenvalue weighted by Crippen LogP contribution is 2.36. The molecule has 0 saturated heterocycles. The number of fused-ring (bicyclic) bond motifs is 3. The zero-order valence-corrected chi connectivity index (χ0v) is 7.40. The van der Waals surface area contributed by atoms with Crippen molar-refractivity contribution in [3.05, 3.63) is 35.9 Å². The van der Waals surface area contributed by atoms with E-state index in [4.69, 9.17) is 9.47 Å². The summed E-state index contributed by atoms with van der Waals surface area (Å²) in [7, 11) is 0. The lowest BCUT2D eigenvalue weighted by molar-refractivity contribution is -0.139. The number of carbonyl (C=O) groups excluding carboxylic acids is 1. The Morgan fingerprint density at radius 3 is 3.07 bits per heavy atom. The van der Waals surface area contributed by atoms with Crippen molar-refractivity contribution < 1.29 is 14.3 Å². The molecule has 3 rings (SSSR count). The van der Waals surface area contributed by atoms with Crippen LogP contribution in [0.3, 0.4) is 0 Å². The minimum atomic E-state index is -0.273. The summed E-state index contributed by atoms with van der Waals surface area (Å²) >= 11 is 0. The summed E-state index contributed by atoms with van der Waals surface area (Å²) in [5, 5.41) is 0. The highest BCUT2D eigenvalue weighted by atomic mass is 16.6. The molecule has 2 aliphatic rings. The van der Waals surface area contributed by atoms with E-state index in [0.717, 1.165) is 16.9 Å². The first-order valence-corrected chi connectivity index (χ1v) is 4.49. The molecule has 1 aromatic rings. The van der Waals surface area contributed by atoms with Gasteiger partial charge in [0.15, 0.2) is 6.10 Å². The Kier molecular flexibility index (Phi) is 1.42. The molecule has 0 N–H and O–H groups in total. The van der Waals surface area contributed by atoms with Crippen molar-refractivity contribution in [2.45, 2.75) is 6.10 Å². The summed E-state index contributed by atoms with van der Waals surface area (Å²) in [5.41, 5.74) is 1.91. The number of benzene rings is 1. The Labute approximate surface area is 80.9 Å². The van der Waals surface area contributed by atoms with E-state index in [0.29, 0.717) is 6.61 Å². The van der Waals surface area contributed by atoms with Crippen LogP contribution in [-0.4, -0.2) is 18.7 Å². The third kappa shape index (κ3) is 0.954. The quantitative estimate of drug-likeness (QED) is 0.577. The third-order valence-electron chi connectivity index (χ3n) is 2.47. The minimum absolute atomic E-state index is 0.211. The molecule has 70 valence electrons. The molecule has 1 atom stereocenters. The Morgan fingerprint density at radius 1 is 1.29 bits per heavy atom. The molecule has 2 heterocycles. The molecule has 0 aliphatic carbocycles. The van der Waals surface area contributed by atoms with Gasteiger partial charge in [0.05, 0.1) is 0 Å². The van der Waals surface area contributed by atoms with Crippen LogP contribution in [0.15, 0.2) is 30.3 Å². The first kappa shape index (κ1) is 7.62. The van der Waals surface area contributed by atoms with Crippen molar-refractivity contribution in [2.75, 3.05) is 6.61 Å². The third-order valence-corrected chi connectivity index (χ3v) is 2.47. The summed E-state index contributed by atoms with van der Waals surface area (Å²) in [6.45, 7) is 0.425. The summed E-state index contributed by atoms with van der Waals surface area (Å²) in [6.07, 6.45) is 1.34. The maximum Gasteiger partial charge on any atom is 0.331 e. The van der Waals surface area contributed by atoms with Gasteiger partial charge < -0.3 is 9.47 Å². The fourth-order valence-electron chi connectivity index (χ4n) is 1.83. The van der Waals surface area contributed by atoms with Gasteiger partial charge in [-0.1, -0.05) is 18.2 Å². The first-order chi connectivity index (χ1) is 6.84. The highest BCUT2D eigenvalue weighted by molar-refractivity contribution is 5.98. The summed E-state index contributed by atoms with van der Waals surface area (Å²) in [5.74, 6) is 0.554. The lowest BCUT2D eigenvalue weighted by atomic mass is 9.99. The van der Waals surface area contributed by atoms with E-state index in [1.807, 2.05) is 24.3 Å². The van der Waals surface area contributed by atoms with E-state index in [-0.39, 0.29) is 12.1 Å². The van der Waals surface area contributed by atoms with Crippen LogP contribution < -0.4 is 4.74 Å². The second kappa shape index (κ2) is 2.61. The second-order valence-corrected chi connectivity index (χ2v) is 3.33. The molecule has 3 heteroatoms. The number of hydrogen-bond donors (Lipinski definition) is 0. The number of rotatable bonds is 0. The Hall–Kier alpha value is -1.77. The van der Waals surface area contributed by atoms with Gasteiger partial charge in [-0.3, -0.25) is 0 Å². The van der Waals surface area contributed by atoms with Crippen molar-refractivity contribution in [3.63, 3.8) is 0 Å². The van der Waals surface area contributed by atoms with Gasteiger partial charge in [-0.05, 0) is 6.07 Å². The first-order valence-electron chi connectivity index (χ1n) is 4.49. The van der Waals surface area contributed by atoms with Gasteiger partial charge >= 0.3 is 5.97 Å². The lowest BCUT2D eigenvalue weighted by Crippen LogP contribution is -2.24. The van der Waals surface area contributed by atoms with E-state index >= 15 is 0 Å². The minimum Gasteiger partial charge on any atom is -0.489 e. The van der Waals surface area contributed by atoms with Gasteiger partial charge in [-0.25, -0.2) is 4.79 Å². The summed E-state index contributed by atoms with van der Waals surface area (Å²) in [6, 6.07) is 7.68. The average Bonchev–Trinajstić information content (AvgIpc) is 2.59. The average molecular weight is 188 g/mol. The zero-order valence-electron chi connectivity index (χ0n) is 7.40. The van der Waals surface area contributed by atoms with E-state index in [2.05, 4.69) is 0 Å². The SMILES string of the molecule is O=C1C=C2c3ccccc3OCC2O1. The standard InChI is InChI=1S/C11H8O3/c12-11-5-8-7-3-1-2-4-9(7)13-6-10(8)14-11/h1-5,10H,6H2. The van der Waals surface area contributed by atoms with Crippen LogP contribution in [0, 0.1) is 0 Å². The van der Waals surface area contributed by atoms with Crippen molar-refractivity contribution in [3.8, 4) is 5.75 Å².